The molecule has 0 unspecified atom stereocenters. The molecule has 0 aromatic carbocycles. The Morgan fingerprint density at radius 1 is 1.00 bits per heavy atom. The SMILES string of the molecule is C=CCN(CC=C)C(=O)N(CC=C)C(=O)NC=O. The van der Waals surface area contributed by atoms with Crippen molar-refractivity contribution in [3.8, 4) is 0 Å². The molecule has 98 valence electrons. The van der Waals surface area contributed by atoms with E-state index in [0.29, 0.717) is 0 Å². The lowest BCUT2D eigenvalue weighted by Gasteiger charge is -2.26. The quantitative estimate of drug-likeness (QED) is 0.545. The Labute approximate surface area is 106 Å². The molecule has 18 heavy (non-hydrogen) atoms. The Morgan fingerprint density at radius 3 is 1.89 bits per heavy atom. The van der Waals surface area contributed by atoms with Gasteiger partial charge in [0.05, 0.1) is 6.54 Å². The van der Waals surface area contributed by atoms with E-state index >= 15 is 0 Å². The molecule has 0 saturated carbocycles. The summed E-state index contributed by atoms with van der Waals surface area (Å²) in [5, 5.41) is 1.91. The van der Waals surface area contributed by atoms with Crippen LogP contribution < -0.4 is 5.32 Å². The van der Waals surface area contributed by atoms with Crippen LogP contribution in [0.5, 0.6) is 0 Å². The van der Waals surface area contributed by atoms with Crippen molar-refractivity contribution in [2.75, 3.05) is 19.6 Å². The van der Waals surface area contributed by atoms with Gasteiger partial charge in [-0.15, -0.1) is 19.7 Å². The third kappa shape index (κ3) is 4.65. The zero-order valence-electron chi connectivity index (χ0n) is 10.2. The largest absolute Gasteiger partial charge is 0.332 e. The van der Waals surface area contributed by atoms with Crippen molar-refractivity contribution in [1.29, 1.82) is 0 Å². The molecule has 5 amide bonds. The second-order valence-corrected chi connectivity index (χ2v) is 3.23. The Balaban J connectivity index is 4.94. The van der Waals surface area contributed by atoms with E-state index in [4.69, 9.17) is 0 Å². The molecule has 0 aliphatic rings. The van der Waals surface area contributed by atoms with Crippen LogP contribution in [-0.4, -0.2) is 47.9 Å². The highest BCUT2D eigenvalue weighted by Crippen LogP contribution is 2.01. The summed E-state index contributed by atoms with van der Waals surface area (Å²) < 4.78 is 0. The van der Waals surface area contributed by atoms with E-state index < -0.39 is 12.1 Å². The molecule has 0 radical (unpaired) electrons. The summed E-state index contributed by atoms with van der Waals surface area (Å²) in [6, 6.07) is -1.35. The first-order valence-electron chi connectivity index (χ1n) is 5.25. The van der Waals surface area contributed by atoms with Crippen LogP contribution in [0.2, 0.25) is 0 Å². The highest BCUT2D eigenvalue weighted by molar-refractivity contribution is 5.97. The Morgan fingerprint density at radius 2 is 1.50 bits per heavy atom. The first-order chi connectivity index (χ1) is 8.62. The van der Waals surface area contributed by atoms with Gasteiger partial charge in [-0.3, -0.25) is 10.1 Å². The molecule has 0 spiro atoms. The molecule has 0 aliphatic carbocycles. The molecule has 6 nitrogen and oxygen atoms in total. The second kappa shape index (κ2) is 8.74. The standard InChI is InChI=1S/C12H17N3O3/c1-4-7-14(8-5-2)12(18)15(9-6-3)11(17)13-10-16/h4-6,10H,1-3,7-9H2,(H,13,16,17). The van der Waals surface area contributed by atoms with E-state index in [0.717, 1.165) is 4.90 Å². The summed E-state index contributed by atoms with van der Waals surface area (Å²) >= 11 is 0. The van der Waals surface area contributed by atoms with E-state index in [1.807, 2.05) is 5.32 Å². The summed E-state index contributed by atoms with van der Waals surface area (Å²) in [5.74, 6) is 0. The number of carbonyl (C=O) groups is 3. The molecule has 0 aliphatic heterocycles. The fourth-order valence-corrected chi connectivity index (χ4v) is 1.22. The molecule has 1 N–H and O–H groups in total. The van der Waals surface area contributed by atoms with Gasteiger partial charge in [-0.05, 0) is 0 Å². The lowest BCUT2D eigenvalue weighted by Crippen LogP contribution is -2.50. The molecule has 0 aromatic rings. The lowest BCUT2D eigenvalue weighted by atomic mass is 10.4. The monoisotopic (exact) mass is 251 g/mol. The maximum Gasteiger partial charge on any atom is 0.332 e. The predicted molar refractivity (Wildman–Crippen MR) is 68.9 cm³/mol. The minimum absolute atomic E-state index is 0.00327. The van der Waals surface area contributed by atoms with Gasteiger partial charge in [-0.25, -0.2) is 14.5 Å². The maximum absolute atomic E-state index is 12.1. The fraction of sp³-hybridized carbons (Fsp3) is 0.250. The van der Waals surface area contributed by atoms with Gasteiger partial charge in [0.15, 0.2) is 0 Å². The van der Waals surface area contributed by atoms with Crippen molar-refractivity contribution in [2.24, 2.45) is 0 Å². The van der Waals surface area contributed by atoms with Gasteiger partial charge >= 0.3 is 12.1 Å². The smallest absolute Gasteiger partial charge is 0.317 e. The van der Waals surface area contributed by atoms with E-state index in [2.05, 4.69) is 19.7 Å². The van der Waals surface area contributed by atoms with Crippen LogP contribution in [0.25, 0.3) is 0 Å². The van der Waals surface area contributed by atoms with Crippen molar-refractivity contribution >= 4 is 18.5 Å². The number of carbonyl (C=O) groups excluding carboxylic acids is 3. The number of imide groups is 2. The first-order valence-corrected chi connectivity index (χ1v) is 5.25. The fourth-order valence-electron chi connectivity index (χ4n) is 1.22. The van der Waals surface area contributed by atoms with E-state index in [9.17, 15) is 14.4 Å². The summed E-state index contributed by atoms with van der Waals surface area (Å²) in [6.45, 7) is 11.1. The summed E-state index contributed by atoms with van der Waals surface area (Å²) in [4.78, 5) is 36.0. The second-order valence-electron chi connectivity index (χ2n) is 3.23. The predicted octanol–water partition coefficient (Wildman–Crippen LogP) is 1.13. The number of amides is 5. The Bertz CT molecular complexity index is 342. The zero-order valence-corrected chi connectivity index (χ0v) is 10.2. The van der Waals surface area contributed by atoms with E-state index in [-0.39, 0.29) is 26.0 Å². The highest BCUT2D eigenvalue weighted by atomic mass is 16.2. The minimum atomic E-state index is -0.798. The third-order valence-electron chi connectivity index (χ3n) is 1.94. The maximum atomic E-state index is 12.1. The van der Waals surface area contributed by atoms with Crippen molar-refractivity contribution in [3.05, 3.63) is 38.0 Å². The van der Waals surface area contributed by atoms with E-state index in [1.54, 1.807) is 0 Å². The van der Waals surface area contributed by atoms with Crippen molar-refractivity contribution in [2.45, 2.75) is 0 Å². The van der Waals surface area contributed by atoms with Crippen LogP contribution in [0.15, 0.2) is 38.0 Å². The van der Waals surface area contributed by atoms with Crippen LogP contribution in [-0.2, 0) is 4.79 Å². The number of hydrogen-bond acceptors (Lipinski definition) is 3. The van der Waals surface area contributed by atoms with Gasteiger partial charge in [-0.1, -0.05) is 18.2 Å². The number of nitrogens with zero attached hydrogens (tertiary/aromatic N) is 2. The van der Waals surface area contributed by atoms with Gasteiger partial charge in [-0.2, -0.15) is 0 Å². The molecular formula is C12H17N3O3. The van der Waals surface area contributed by atoms with Crippen LogP contribution in [0, 0.1) is 0 Å². The Hall–Kier alpha value is -2.37. The number of nitrogens with one attached hydrogen (secondary N) is 1. The summed E-state index contributed by atoms with van der Waals surface area (Å²) in [6.07, 6.45) is 4.68. The number of rotatable bonds is 7. The minimum Gasteiger partial charge on any atom is -0.317 e. The van der Waals surface area contributed by atoms with Gasteiger partial charge in [0.1, 0.15) is 0 Å². The average molecular weight is 251 g/mol. The molecule has 0 fully saturated rings. The molecule has 6 heteroatoms. The average Bonchev–Trinajstić information content (AvgIpc) is 2.35. The van der Waals surface area contributed by atoms with Crippen molar-refractivity contribution in [3.63, 3.8) is 0 Å². The molecule has 0 atom stereocenters. The number of hydrogen-bond donors (Lipinski definition) is 1. The number of urea groups is 2. The van der Waals surface area contributed by atoms with Gasteiger partial charge in [0.25, 0.3) is 0 Å². The molecule has 0 saturated heterocycles. The Kier molecular flexibility index (Phi) is 7.59. The first kappa shape index (κ1) is 15.6. The highest BCUT2D eigenvalue weighted by Gasteiger charge is 2.24. The van der Waals surface area contributed by atoms with Crippen LogP contribution >= 0.6 is 0 Å². The topological polar surface area (TPSA) is 69.7 Å². The lowest BCUT2D eigenvalue weighted by molar-refractivity contribution is -0.108. The molecule has 0 aromatic heterocycles. The zero-order chi connectivity index (χ0) is 14.0. The van der Waals surface area contributed by atoms with Crippen LogP contribution in [0.3, 0.4) is 0 Å². The summed E-state index contributed by atoms with van der Waals surface area (Å²) in [5.41, 5.74) is 0. The normalized spacial score (nSPS) is 8.89. The molecule has 0 bridgehead atoms. The van der Waals surface area contributed by atoms with Crippen molar-refractivity contribution < 1.29 is 14.4 Å². The molecular weight excluding hydrogens is 234 g/mol. The third-order valence-corrected chi connectivity index (χ3v) is 1.94. The van der Waals surface area contributed by atoms with Crippen molar-refractivity contribution in [1.82, 2.24) is 15.1 Å². The summed E-state index contributed by atoms with van der Waals surface area (Å²) in [7, 11) is 0. The van der Waals surface area contributed by atoms with Crippen LogP contribution in [0.1, 0.15) is 0 Å². The van der Waals surface area contributed by atoms with Gasteiger partial charge in [0.2, 0.25) is 6.41 Å². The van der Waals surface area contributed by atoms with Crippen LogP contribution in [0.4, 0.5) is 9.59 Å². The van der Waals surface area contributed by atoms with Gasteiger partial charge < -0.3 is 4.90 Å². The molecule has 0 rings (SSSR count). The molecule has 0 heterocycles. The van der Waals surface area contributed by atoms with Gasteiger partial charge in [0, 0.05) is 13.1 Å². The van der Waals surface area contributed by atoms with E-state index in [1.165, 1.54) is 23.1 Å².